The molecule has 0 aromatic rings. The number of carbonyl (C=O) groups is 2. The Morgan fingerprint density at radius 3 is 1.91 bits per heavy atom. The van der Waals surface area contributed by atoms with E-state index in [0.717, 1.165) is 44.7 Å². The zero-order chi connectivity index (χ0) is 17.2. The molecule has 2 aliphatic rings. The third kappa shape index (κ3) is 4.46. The molecule has 0 bridgehead atoms. The molecule has 0 radical (unpaired) electrons. The molecule has 0 aromatic carbocycles. The first kappa shape index (κ1) is 18.2. The number of hydrogen-bond donors (Lipinski definition) is 1. The number of carbonyl (C=O) groups excluding carboxylic acids is 2. The highest BCUT2D eigenvalue weighted by molar-refractivity contribution is 5.83. The zero-order valence-electron chi connectivity index (χ0n) is 15.2. The average molecular weight is 323 g/mol. The number of rotatable bonds is 2. The zero-order valence-corrected chi connectivity index (χ0v) is 15.2. The Balaban J connectivity index is 1.84. The number of amides is 2. The molecule has 0 saturated carbocycles. The summed E-state index contributed by atoms with van der Waals surface area (Å²) >= 11 is 0. The molecule has 23 heavy (non-hydrogen) atoms. The molecular weight excluding hydrogens is 290 g/mol. The second-order valence-electron chi connectivity index (χ2n) is 8.45. The maximum absolute atomic E-state index is 12.6. The Kier molecular flexibility index (Phi) is 5.71. The van der Waals surface area contributed by atoms with Gasteiger partial charge in [-0.3, -0.25) is 9.59 Å². The minimum absolute atomic E-state index is 0.0233. The molecule has 2 amide bonds. The van der Waals surface area contributed by atoms with Crippen molar-refractivity contribution in [3.05, 3.63) is 0 Å². The smallest absolute Gasteiger partial charge is 0.240 e. The van der Waals surface area contributed by atoms with E-state index in [-0.39, 0.29) is 17.2 Å². The van der Waals surface area contributed by atoms with Gasteiger partial charge in [0.1, 0.15) is 0 Å². The fourth-order valence-electron chi connectivity index (χ4n) is 3.40. The molecule has 0 unspecified atom stereocenters. The third-order valence-electron chi connectivity index (χ3n) is 5.45. The first-order valence-electron chi connectivity index (χ1n) is 9.03. The largest absolute Gasteiger partial charge is 0.342 e. The molecule has 2 saturated heterocycles. The highest BCUT2D eigenvalue weighted by Crippen LogP contribution is 2.25. The van der Waals surface area contributed by atoms with Gasteiger partial charge in [0.15, 0.2) is 0 Å². The van der Waals surface area contributed by atoms with E-state index >= 15 is 0 Å². The molecule has 0 spiro atoms. The van der Waals surface area contributed by atoms with Crippen molar-refractivity contribution in [3.8, 4) is 0 Å². The van der Waals surface area contributed by atoms with Gasteiger partial charge in [0, 0.05) is 32.1 Å². The molecular formula is C18H33N3O2. The van der Waals surface area contributed by atoms with Crippen LogP contribution in [0.1, 0.15) is 53.4 Å². The first-order chi connectivity index (χ1) is 10.7. The van der Waals surface area contributed by atoms with Gasteiger partial charge < -0.3 is 15.5 Å². The lowest BCUT2D eigenvalue weighted by molar-refractivity contribution is -0.143. The Morgan fingerprint density at radius 1 is 0.957 bits per heavy atom. The fourth-order valence-corrected chi connectivity index (χ4v) is 3.40. The summed E-state index contributed by atoms with van der Waals surface area (Å²) < 4.78 is 0. The van der Waals surface area contributed by atoms with E-state index in [1.165, 1.54) is 0 Å². The average Bonchev–Trinajstić information content (AvgIpc) is 2.53. The summed E-state index contributed by atoms with van der Waals surface area (Å²) in [5.41, 5.74) is 5.86. The van der Waals surface area contributed by atoms with Crippen LogP contribution in [0.15, 0.2) is 0 Å². The van der Waals surface area contributed by atoms with Crippen molar-refractivity contribution in [3.63, 3.8) is 0 Å². The van der Waals surface area contributed by atoms with Crippen LogP contribution >= 0.6 is 0 Å². The van der Waals surface area contributed by atoms with E-state index in [1.54, 1.807) is 0 Å². The fraction of sp³-hybridized carbons (Fsp3) is 0.889. The second kappa shape index (κ2) is 7.20. The molecule has 0 aromatic heterocycles. The van der Waals surface area contributed by atoms with Gasteiger partial charge in [0.05, 0.1) is 6.04 Å². The van der Waals surface area contributed by atoms with Crippen molar-refractivity contribution >= 4 is 11.8 Å². The topological polar surface area (TPSA) is 66.6 Å². The maximum atomic E-state index is 12.6. The van der Waals surface area contributed by atoms with Crippen molar-refractivity contribution < 1.29 is 9.59 Å². The molecule has 132 valence electrons. The molecule has 2 fully saturated rings. The van der Waals surface area contributed by atoms with E-state index in [9.17, 15) is 9.59 Å². The van der Waals surface area contributed by atoms with Crippen LogP contribution in [0.4, 0.5) is 0 Å². The predicted molar refractivity (Wildman–Crippen MR) is 91.7 cm³/mol. The summed E-state index contributed by atoms with van der Waals surface area (Å²) in [5, 5.41) is 0. The van der Waals surface area contributed by atoms with E-state index < -0.39 is 6.04 Å². The summed E-state index contributed by atoms with van der Waals surface area (Å²) in [4.78, 5) is 29.0. The minimum atomic E-state index is -0.474. The molecule has 2 rings (SSSR count). The number of piperidine rings is 2. The number of nitrogens with zero attached hydrogens (tertiary/aromatic N) is 2. The standard InChI is InChI=1S/C18H33N3O2/c1-13-5-9-20(10-6-13)16(22)14-7-11-21(12-8-14)17(23)15(19)18(2,3)4/h13-15H,5-12,19H2,1-4H3/t15-/m1/s1. The Bertz CT molecular complexity index is 428. The monoisotopic (exact) mass is 323 g/mol. The Morgan fingerprint density at radius 2 is 1.43 bits per heavy atom. The van der Waals surface area contributed by atoms with Crippen LogP contribution in [0.5, 0.6) is 0 Å². The van der Waals surface area contributed by atoms with Crippen molar-refractivity contribution in [2.24, 2.45) is 23.0 Å². The third-order valence-corrected chi connectivity index (χ3v) is 5.45. The highest BCUT2D eigenvalue weighted by Gasteiger charge is 2.35. The molecule has 0 aliphatic carbocycles. The summed E-state index contributed by atoms with van der Waals surface area (Å²) in [7, 11) is 0. The lowest BCUT2D eigenvalue weighted by Crippen LogP contribution is -2.53. The van der Waals surface area contributed by atoms with Crippen LogP contribution < -0.4 is 5.73 Å². The maximum Gasteiger partial charge on any atom is 0.240 e. The molecule has 5 nitrogen and oxygen atoms in total. The van der Waals surface area contributed by atoms with Crippen LogP contribution in [0, 0.1) is 17.3 Å². The summed E-state index contributed by atoms with van der Waals surface area (Å²) in [6.07, 6.45) is 3.77. The van der Waals surface area contributed by atoms with Gasteiger partial charge in [-0.1, -0.05) is 27.7 Å². The Labute approximate surface area is 140 Å². The van der Waals surface area contributed by atoms with Gasteiger partial charge in [0.2, 0.25) is 11.8 Å². The van der Waals surface area contributed by atoms with Gasteiger partial charge in [-0.15, -0.1) is 0 Å². The van der Waals surface area contributed by atoms with Crippen LogP contribution in [0.2, 0.25) is 0 Å². The normalized spacial score (nSPS) is 23.0. The highest BCUT2D eigenvalue weighted by atomic mass is 16.2. The van der Waals surface area contributed by atoms with E-state index in [4.69, 9.17) is 5.73 Å². The second-order valence-corrected chi connectivity index (χ2v) is 8.45. The van der Waals surface area contributed by atoms with Crippen molar-refractivity contribution in [2.45, 2.75) is 59.4 Å². The molecule has 5 heteroatoms. The van der Waals surface area contributed by atoms with E-state index in [2.05, 4.69) is 6.92 Å². The van der Waals surface area contributed by atoms with Gasteiger partial charge in [0.25, 0.3) is 0 Å². The molecule has 2 N–H and O–H groups in total. The summed E-state index contributed by atoms with van der Waals surface area (Å²) in [6, 6.07) is -0.474. The summed E-state index contributed by atoms with van der Waals surface area (Å²) in [5.74, 6) is 1.13. The van der Waals surface area contributed by atoms with E-state index in [0.29, 0.717) is 19.0 Å². The van der Waals surface area contributed by atoms with Crippen molar-refractivity contribution in [1.29, 1.82) is 0 Å². The van der Waals surface area contributed by atoms with Crippen LogP contribution in [-0.2, 0) is 9.59 Å². The van der Waals surface area contributed by atoms with Crippen molar-refractivity contribution in [1.82, 2.24) is 9.80 Å². The number of hydrogen-bond acceptors (Lipinski definition) is 3. The predicted octanol–water partition coefficient (Wildman–Crippen LogP) is 1.86. The van der Waals surface area contributed by atoms with E-state index in [1.807, 2.05) is 30.6 Å². The molecule has 2 aliphatic heterocycles. The molecule has 1 atom stereocenters. The van der Waals surface area contributed by atoms with Gasteiger partial charge >= 0.3 is 0 Å². The van der Waals surface area contributed by atoms with Gasteiger partial charge in [-0.25, -0.2) is 0 Å². The number of nitrogens with two attached hydrogens (primary N) is 1. The minimum Gasteiger partial charge on any atom is -0.342 e. The lowest BCUT2D eigenvalue weighted by atomic mass is 9.85. The summed E-state index contributed by atoms with van der Waals surface area (Å²) in [6.45, 7) is 11.3. The van der Waals surface area contributed by atoms with Crippen LogP contribution in [0.3, 0.4) is 0 Å². The van der Waals surface area contributed by atoms with Crippen molar-refractivity contribution in [2.75, 3.05) is 26.2 Å². The van der Waals surface area contributed by atoms with Crippen LogP contribution in [-0.4, -0.2) is 53.8 Å². The lowest BCUT2D eigenvalue weighted by Gasteiger charge is -2.38. The van der Waals surface area contributed by atoms with Gasteiger partial charge in [-0.2, -0.15) is 0 Å². The van der Waals surface area contributed by atoms with Gasteiger partial charge in [-0.05, 0) is 37.0 Å². The molecule has 2 heterocycles. The quantitative estimate of drug-likeness (QED) is 0.843. The first-order valence-corrected chi connectivity index (χ1v) is 9.03. The SMILES string of the molecule is CC1CCN(C(=O)C2CCN(C(=O)[C@@H](N)C(C)(C)C)CC2)CC1. The number of likely N-dealkylation sites (tertiary alicyclic amines) is 2. The van der Waals surface area contributed by atoms with Crippen LogP contribution in [0.25, 0.3) is 0 Å². The Hall–Kier alpha value is -1.10.